The van der Waals surface area contributed by atoms with E-state index in [1.165, 1.54) is 0 Å². The van der Waals surface area contributed by atoms with Crippen molar-refractivity contribution in [3.63, 3.8) is 0 Å². The first-order valence-corrected chi connectivity index (χ1v) is 4.37. The second kappa shape index (κ2) is 3.05. The van der Waals surface area contributed by atoms with Gasteiger partial charge in [-0.3, -0.25) is 0 Å². The Morgan fingerprint density at radius 1 is 1.67 bits per heavy atom. The van der Waals surface area contributed by atoms with Crippen LogP contribution in [0.25, 0.3) is 0 Å². The van der Waals surface area contributed by atoms with Gasteiger partial charge in [-0.2, -0.15) is 0 Å². The predicted octanol–water partition coefficient (Wildman–Crippen LogP) is 1.36. The topological polar surface area (TPSA) is 38.8 Å². The highest BCUT2D eigenvalue weighted by Crippen LogP contribution is 2.41. The number of epoxide rings is 1. The minimum absolute atomic E-state index is 0.0385. The summed E-state index contributed by atoms with van der Waals surface area (Å²) in [6.45, 7) is 8.08. The first-order chi connectivity index (χ1) is 5.52. The number of ether oxygens (including phenoxy) is 2. The van der Waals surface area contributed by atoms with E-state index in [4.69, 9.17) is 9.47 Å². The summed E-state index contributed by atoms with van der Waals surface area (Å²) in [4.78, 5) is 11.3. The Bertz CT molecular complexity index is 188. The molecule has 1 heterocycles. The van der Waals surface area contributed by atoms with Crippen LogP contribution in [0.4, 0.5) is 0 Å². The Morgan fingerprint density at radius 2 is 2.25 bits per heavy atom. The van der Waals surface area contributed by atoms with Gasteiger partial charge in [0.25, 0.3) is 0 Å². The van der Waals surface area contributed by atoms with Crippen molar-refractivity contribution in [2.45, 2.75) is 39.4 Å². The predicted molar refractivity (Wildman–Crippen MR) is 44.7 cm³/mol. The van der Waals surface area contributed by atoms with Gasteiger partial charge in [-0.15, -0.1) is 0 Å². The summed E-state index contributed by atoms with van der Waals surface area (Å²) in [6, 6.07) is 0. The van der Waals surface area contributed by atoms with Crippen molar-refractivity contribution in [3.8, 4) is 0 Å². The Morgan fingerprint density at radius 3 is 2.58 bits per heavy atom. The van der Waals surface area contributed by atoms with E-state index in [0.717, 1.165) is 0 Å². The number of hydrogen-bond donors (Lipinski definition) is 0. The van der Waals surface area contributed by atoms with E-state index in [2.05, 4.69) is 0 Å². The maximum absolute atomic E-state index is 11.3. The first-order valence-electron chi connectivity index (χ1n) is 4.37. The molecule has 0 radical (unpaired) electrons. The molecule has 0 aliphatic carbocycles. The zero-order valence-electron chi connectivity index (χ0n) is 8.09. The second-order valence-electron chi connectivity index (χ2n) is 3.61. The van der Waals surface area contributed by atoms with E-state index < -0.39 is 5.60 Å². The number of carbonyl (C=O) groups excluding carboxylic acids is 1. The molecule has 0 N–H and O–H groups in total. The van der Waals surface area contributed by atoms with Crippen LogP contribution in [-0.2, 0) is 14.3 Å². The van der Waals surface area contributed by atoms with Crippen LogP contribution in [0.2, 0.25) is 0 Å². The second-order valence-corrected chi connectivity index (χ2v) is 3.61. The molecule has 1 aliphatic heterocycles. The van der Waals surface area contributed by atoms with E-state index in [1.54, 1.807) is 13.8 Å². The number of hydrogen-bond acceptors (Lipinski definition) is 3. The fourth-order valence-corrected chi connectivity index (χ4v) is 1.44. The number of rotatable bonds is 3. The Kier molecular flexibility index (Phi) is 2.42. The molecule has 12 heavy (non-hydrogen) atoms. The summed E-state index contributed by atoms with van der Waals surface area (Å²) in [5.41, 5.74) is -0.663. The summed E-state index contributed by atoms with van der Waals surface area (Å²) >= 11 is 0. The zero-order chi connectivity index (χ0) is 9.35. The molecule has 0 bridgehead atoms. The highest BCUT2D eigenvalue weighted by atomic mass is 16.7. The molecule has 3 nitrogen and oxygen atoms in total. The van der Waals surface area contributed by atoms with Crippen molar-refractivity contribution in [1.82, 2.24) is 0 Å². The smallest absolute Gasteiger partial charge is 0.340 e. The van der Waals surface area contributed by atoms with E-state index >= 15 is 0 Å². The van der Waals surface area contributed by atoms with E-state index in [0.29, 0.717) is 12.5 Å². The summed E-state index contributed by atoms with van der Waals surface area (Å²) in [5.74, 6) is 0.142. The lowest BCUT2D eigenvalue weighted by Gasteiger charge is -2.06. The highest BCUT2D eigenvalue weighted by molar-refractivity contribution is 5.82. The van der Waals surface area contributed by atoms with Crippen LogP contribution in [0.1, 0.15) is 27.7 Å². The fraction of sp³-hybridized carbons (Fsp3) is 0.889. The first kappa shape index (κ1) is 9.52. The third-order valence-corrected chi connectivity index (χ3v) is 2.14. The monoisotopic (exact) mass is 172 g/mol. The number of carbonyl (C=O) groups is 1. The van der Waals surface area contributed by atoms with Gasteiger partial charge in [0.05, 0.1) is 6.61 Å². The van der Waals surface area contributed by atoms with Gasteiger partial charge < -0.3 is 9.47 Å². The van der Waals surface area contributed by atoms with Gasteiger partial charge in [0.2, 0.25) is 0 Å². The van der Waals surface area contributed by atoms with Crippen molar-refractivity contribution < 1.29 is 14.3 Å². The lowest BCUT2D eigenvalue weighted by atomic mass is 9.99. The average Bonchev–Trinajstić information content (AvgIpc) is 2.65. The van der Waals surface area contributed by atoms with Crippen LogP contribution in [0, 0.1) is 5.92 Å². The SMILES string of the molecule is CCOC(=O)[C@]1(C)O[C@@H]1C(C)C. The van der Waals surface area contributed by atoms with Gasteiger partial charge in [-0.25, -0.2) is 4.79 Å². The maximum atomic E-state index is 11.3. The molecule has 3 heteroatoms. The minimum Gasteiger partial charge on any atom is -0.464 e. The molecule has 0 aromatic rings. The van der Waals surface area contributed by atoms with Crippen LogP contribution in [0.5, 0.6) is 0 Å². The van der Waals surface area contributed by atoms with Crippen LogP contribution in [0.15, 0.2) is 0 Å². The third kappa shape index (κ3) is 1.46. The Labute approximate surface area is 73.0 Å². The molecule has 0 aromatic heterocycles. The van der Waals surface area contributed by atoms with Gasteiger partial charge >= 0.3 is 5.97 Å². The van der Waals surface area contributed by atoms with Crippen LogP contribution in [-0.4, -0.2) is 24.3 Å². The summed E-state index contributed by atoms with van der Waals surface area (Å²) in [5, 5.41) is 0. The number of esters is 1. The van der Waals surface area contributed by atoms with Gasteiger partial charge in [-0.1, -0.05) is 13.8 Å². The highest BCUT2D eigenvalue weighted by Gasteiger charge is 2.60. The maximum Gasteiger partial charge on any atom is 0.340 e. The van der Waals surface area contributed by atoms with Crippen molar-refractivity contribution in [2.75, 3.05) is 6.61 Å². The van der Waals surface area contributed by atoms with Crippen molar-refractivity contribution in [1.29, 1.82) is 0 Å². The van der Waals surface area contributed by atoms with Crippen molar-refractivity contribution in [3.05, 3.63) is 0 Å². The molecule has 1 aliphatic rings. The molecular formula is C9H16O3. The zero-order valence-corrected chi connectivity index (χ0v) is 8.09. The minimum atomic E-state index is -0.663. The van der Waals surface area contributed by atoms with Crippen LogP contribution < -0.4 is 0 Å². The van der Waals surface area contributed by atoms with E-state index in [9.17, 15) is 4.79 Å². The fourth-order valence-electron chi connectivity index (χ4n) is 1.44. The molecule has 70 valence electrons. The molecular weight excluding hydrogens is 156 g/mol. The molecule has 0 amide bonds. The van der Waals surface area contributed by atoms with Crippen molar-refractivity contribution in [2.24, 2.45) is 5.92 Å². The summed E-state index contributed by atoms with van der Waals surface area (Å²) in [7, 11) is 0. The third-order valence-electron chi connectivity index (χ3n) is 2.14. The standard InChI is InChI=1S/C9H16O3/c1-5-11-8(10)9(4)7(12-9)6(2)3/h6-7H,5H2,1-4H3/t7-,9-/m1/s1. The largest absolute Gasteiger partial charge is 0.464 e. The van der Waals surface area contributed by atoms with Gasteiger partial charge in [0.15, 0.2) is 5.60 Å². The Hall–Kier alpha value is -0.570. The lowest BCUT2D eigenvalue weighted by molar-refractivity contribution is -0.148. The lowest BCUT2D eigenvalue weighted by Crippen LogP contribution is -2.27. The van der Waals surface area contributed by atoms with Crippen LogP contribution in [0.3, 0.4) is 0 Å². The quantitative estimate of drug-likeness (QED) is 0.476. The molecule has 0 aromatic carbocycles. The van der Waals surface area contributed by atoms with Crippen LogP contribution >= 0.6 is 0 Å². The molecule has 0 saturated carbocycles. The van der Waals surface area contributed by atoms with Gasteiger partial charge in [0, 0.05) is 0 Å². The van der Waals surface area contributed by atoms with Crippen molar-refractivity contribution >= 4 is 5.97 Å². The van der Waals surface area contributed by atoms with E-state index in [1.807, 2.05) is 13.8 Å². The summed E-state index contributed by atoms with van der Waals surface area (Å²) in [6.07, 6.45) is 0.0385. The normalized spacial score (nSPS) is 33.6. The van der Waals surface area contributed by atoms with Gasteiger partial charge in [-0.05, 0) is 19.8 Å². The average molecular weight is 172 g/mol. The molecule has 2 atom stereocenters. The molecule has 1 saturated heterocycles. The molecule has 0 spiro atoms. The molecule has 0 unspecified atom stereocenters. The molecule has 1 rings (SSSR count). The van der Waals surface area contributed by atoms with Gasteiger partial charge in [0.1, 0.15) is 6.10 Å². The Balaban J connectivity index is 2.49. The van der Waals surface area contributed by atoms with E-state index in [-0.39, 0.29) is 12.1 Å². The summed E-state index contributed by atoms with van der Waals surface area (Å²) < 4.78 is 10.2. The molecule has 1 fully saturated rings.